The number of nitrogens with zero attached hydrogens (tertiary/aromatic N) is 2. The third-order valence-electron chi connectivity index (χ3n) is 4.31. The minimum atomic E-state index is -0.0970. The van der Waals surface area contributed by atoms with E-state index in [4.69, 9.17) is 15.2 Å². The predicted molar refractivity (Wildman–Crippen MR) is 102 cm³/mol. The Labute approximate surface area is 160 Å². The van der Waals surface area contributed by atoms with Crippen LogP contribution in [-0.2, 0) is 11.3 Å². The zero-order valence-electron chi connectivity index (χ0n) is 14.4. The lowest BCUT2D eigenvalue weighted by molar-refractivity contribution is -0.121. The van der Waals surface area contributed by atoms with Gasteiger partial charge in [0.15, 0.2) is 11.5 Å². The van der Waals surface area contributed by atoms with Crippen LogP contribution in [0, 0.1) is 0 Å². The SMILES string of the molecule is Nc1nnc(CNC(=O)CC(c2ccccc2)c2ccc3c(c2)OCO3)s1. The Balaban J connectivity index is 1.52. The third-order valence-corrected chi connectivity index (χ3v) is 5.06. The smallest absolute Gasteiger partial charge is 0.231 e. The molecule has 0 fully saturated rings. The Morgan fingerprint density at radius 3 is 2.70 bits per heavy atom. The summed E-state index contributed by atoms with van der Waals surface area (Å²) in [7, 11) is 0. The molecule has 0 bridgehead atoms. The van der Waals surface area contributed by atoms with Crippen molar-refractivity contribution in [3.8, 4) is 11.5 Å². The van der Waals surface area contributed by atoms with Crippen LogP contribution < -0.4 is 20.5 Å². The van der Waals surface area contributed by atoms with Crippen molar-refractivity contribution >= 4 is 22.4 Å². The van der Waals surface area contributed by atoms with E-state index < -0.39 is 0 Å². The number of nitrogens with two attached hydrogens (primary N) is 1. The summed E-state index contributed by atoms with van der Waals surface area (Å²) >= 11 is 1.27. The topological polar surface area (TPSA) is 99.4 Å². The van der Waals surface area contributed by atoms with E-state index in [9.17, 15) is 4.79 Å². The summed E-state index contributed by atoms with van der Waals surface area (Å²) in [6.07, 6.45) is 0.304. The molecule has 8 heteroatoms. The van der Waals surface area contributed by atoms with E-state index in [0.717, 1.165) is 16.9 Å². The van der Waals surface area contributed by atoms with E-state index in [1.54, 1.807) is 0 Å². The molecule has 1 amide bonds. The Bertz CT molecular complexity index is 945. The number of aromatic nitrogens is 2. The van der Waals surface area contributed by atoms with Crippen LogP contribution >= 0.6 is 11.3 Å². The molecule has 138 valence electrons. The van der Waals surface area contributed by atoms with Crippen molar-refractivity contribution in [1.29, 1.82) is 0 Å². The molecule has 0 saturated carbocycles. The molecule has 4 rings (SSSR count). The van der Waals surface area contributed by atoms with E-state index in [-0.39, 0.29) is 18.6 Å². The maximum Gasteiger partial charge on any atom is 0.231 e. The highest BCUT2D eigenvalue weighted by Gasteiger charge is 2.22. The van der Waals surface area contributed by atoms with E-state index in [1.807, 2.05) is 48.5 Å². The third kappa shape index (κ3) is 4.01. The number of benzene rings is 2. The molecule has 0 saturated heterocycles. The summed E-state index contributed by atoms with van der Waals surface area (Å²) in [6, 6.07) is 15.7. The fraction of sp³-hybridized carbons (Fsp3) is 0.211. The van der Waals surface area contributed by atoms with Crippen molar-refractivity contribution in [3.63, 3.8) is 0 Å². The molecule has 1 atom stereocenters. The number of amides is 1. The van der Waals surface area contributed by atoms with E-state index >= 15 is 0 Å². The number of hydrogen-bond donors (Lipinski definition) is 2. The average Bonchev–Trinajstić information content (AvgIpc) is 3.33. The van der Waals surface area contributed by atoms with Gasteiger partial charge in [0.05, 0.1) is 6.54 Å². The normalized spacial score (nSPS) is 13.3. The van der Waals surface area contributed by atoms with Gasteiger partial charge >= 0.3 is 0 Å². The Hall–Kier alpha value is -3.13. The molecular formula is C19H18N4O3S. The van der Waals surface area contributed by atoms with Crippen molar-refractivity contribution in [2.24, 2.45) is 0 Å². The van der Waals surface area contributed by atoms with Gasteiger partial charge in [-0.2, -0.15) is 0 Å². The van der Waals surface area contributed by atoms with Crippen LogP contribution in [0.2, 0.25) is 0 Å². The highest BCUT2D eigenvalue weighted by molar-refractivity contribution is 7.15. The van der Waals surface area contributed by atoms with E-state index in [0.29, 0.717) is 28.9 Å². The summed E-state index contributed by atoms with van der Waals surface area (Å²) in [5.41, 5.74) is 7.63. The average molecular weight is 382 g/mol. The van der Waals surface area contributed by atoms with Gasteiger partial charge in [0, 0.05) is 12.3 Å². The second kappa shape index (κ2) is 7.63. The number of nitrogen functional groups attached to an aromatic ring is 1. The molecule has 3 aromatic rings. The van der Waals surface area contributed by atoms with Crippen LogP contribution in [-0.4, -0.2) is 22.9 Å². The highest BCUT2D eigenvalue weighted by Crippen LogP contribution is 2.37. The Morgan fingerprint density at radius 1 is 1.11 bits per heavy atom. The fourth-order valence-electron chi connectivity index (χ4n) is 3.01. The zero-order chi connectivity index (χ0) is 18.6. The first-order valence-corrected chi connectivity index (χ1v) is 9.30. The molecule has 3 N–H and O–H groups in total. The molecule has 1 aliphatic heterocycles. The van der Waals surface area contributed by atoms with Gasteiger partial charge in [-0.05, 0) is 23.3 Å². The van der Waals surface area contributed by atoms with Crippen molar-refractivity contribution < 1.29 is 14.3 Å². The first-order valence-electron chi connectivity index (χ1n) is 8.48. The molecule has 1 aromatic heterocycles. The van der Waals surface area contributed by atoms with Gasteiger partial charge in [0.2, 0.25) is 17.8 Å². The molecule has 0 aliphatic carbocycles. The first kappa shape index (κ1) is 17.3. The second-order valence-corrected chi connectivity index (χ2v) is 7.18. The first-order chi connectivity index (χ1) is 13.2. The van der Waals surface area contributed by atoms with Gasteiger partial charge < -0.3 is 20.5 Å². The van der Waals surface area contributed by atoms with E-state index in [2.05, 4.69) is 15.5 Å². The lowest BCUT2D eigenvalue weighted by Crippen LogP contribution is -2.25. The number of carbonyl (C=O) groups is 1. The largest absolute Gasteiger partial charge is 0.454 e. The minimum Gasteiger partial charge on any atom is -0.454 e. The van der Waals surface area contributed by atoms with Gasteiger partial charge in [0.25, 0.3) is 0 Å². The van der Waals surface area contributed by atoms with Crippen LogP contribution in [0.25, 0.3) is 0 Å². The number of fused-ring (bicyclic) bond motifs is 1. The molecule has 0 radical (unpaired) electrons. The standard InChI is InChI=1S/C19H18N4O3S/c20-19-23-22-18(27-19)10-21-17(24)9-14(12-4-2-1-3-5-12)13-6-7-15-16(8-13)26-11-25-15/h1-8,14H,9-11H2,(H2,20,23)(H,21,24). The lowest BCUT2D eigenvalue weighted by Gasteiger charge is -2.18. The van der Waals surface area contributed by atoms with Gasteiger partial charge in [-0.3, -0.25) is 4.79 Å². The number of anilines is 1. The van der Waals surface area contributed by atoms with Crippen molar-refractivity contribution in [1.82, 2.24) is 15.5 Å². The van der Waals surface area contributed by atoms with Crippen molar-refractivity contribution in [3.05, 3.63) is 64.7 Å². The molecule has 2 aromatic carbocycles. The van der Waals surface area contributed by atoms with E-state index in [1.165, 1.54) is 11.3 Å². The molecule has 7 nitrogen and oxygen atoms in total. The lowest BCUT2D eigenvalue weighted by atomic mass is 9.88. The van der Waals surface area contributed by atoms with Gasteiger partial charge in [-0.1, -0.05) is 47.7 Å². The Kier molecular flexibility index (Phi) is 4.88. The van der Waals surface area contributed by atoms with Crippen LogP contribution in [0.15, 0.2) is 48.5 Å². The van der Waals surface area contributed by atoms with Crippen LogP contribution in [0.5, 0.6) is 11.5 Å². The quantitative estimate of drug-likeness (QED) is 0.680. The minimum absolute atomic E-state index is 0.0738. The zero-order valence-corrected chi connectivity index (χ0v) is 15.2. The number of ether oxygens (including phenoxy) is 2. The molecule has 1 unspecified atom stereocenters. The molecule has 0 spiro atoms. The fourth-order valence-corrected chi connectivity index (χ4v) is 3.56. The highest BCUT2D eigenvalue weighted by atomic mass is 32.1. The predicted octanol–water partition coefficient (Wildman–Crippen LogP) is 2.69. The molecule has 1 aliphatic rings. The van der Waals surface area contributed by atoms with Crippen molar-refractivity contribution in [2.75, 3.05) is 12.5 Å². The maximum absolute atomic E-state index is 12.6. The number of nitrogens with one attached hydrogen (secondary N) is 1. The number of hydrogen-bond acceptors (Lipinski definition) is 7. The molecule has 27 heavy (non-hydrogen) atoms. The van der Waals surface area contributed by atoms with Crippen molar-refractivity contribution in [2.45, 2.75) is 18.9 Å². The second-order valence-electron chi connectivity index (χ2n) is 6.09. The van der Waals surface area contributed by atoms with Crippen LogP contribution in [0.4, 0.5) is 5.13 Å². The number of carbonyl (C=O) groups excluding carboxylic acids is 1. The number of rotatable bonds is 6. The summed E-state index contributed by atoms with van der Waals surface area (Å²) in [6.45, 7) is 0.538. The maximum atomic E-state index is 12.6. The van der Waals surface area contributed by atoms with Crippen LogP contribution in [0.3, 0.4) is 0 Å². The summed E-state index contributed by atoms with van der Waals surface area (Å²) < 4.78 is 10.9. The van der Waals surface area contributed by atoms with Crippen LogP contribution in [0.1, 0.15) is 28.5 Å². The van der Waals surface area contributed by atoms with Gasteiger partial charge in [0.1, 0.15) is 5.01 Å². The van der Waals surface area contributed by atoms with Gasteiger partial charge in [-0.25, -0.2) is 0 Å². The summed E-state index contributed by atoms with van der Waals surface area (Å²) in [5.74, 6) is 1.26. The Morgan fingerprint density at radius 2 is 1.93 bits per heavy atom. The monoisotopic (exact) mass is 382 g/mol. The molecule has 2 heterocycles. The summed E-state index contributed by atoms with van der Waals surface area (Å²) in [5, 5.41) is 11.6. The summed E-state index contributed by atoms with van der Waals surface area (Å²) in [4.78, 5) is 12.6. The molecular weight excluding hydrogens is 364 g/mol. The van der Waals surface area contributed by atoms with Gasteiger partial charge in [-0.15, -0.1) is 10.2 Å².